The first kappa shape index (κ1) is 13.6. The van der Waals surface area contributed by atoms with Crippen molar-refractivity contribution >= 4 is 37.9 Å². The molecule has 0 fully saturated rings. The number of hydrogen-bond acceptors (Lipinski definition) is 0. The summed E-state index contributed by atoms with van der Waals surface area (Å²) >= 11 is 0. The van der Waals surface area contributed by atoms with E-state index in [0.29, 0.717) is 0 Å². The van der Waals surface area contributed by atoms with Gasteiger partial charge in [-0.15, -0.1) is 0 Å². The van der Waals surface area contributed by atoms with Crippen LogP contribution in [0.25, 0.3) is 37.9 Å². The maximum absolute atomic E-state index is 2.52. The van der Waals surface area contributed by atoms with E-state index in [4.69, 9.17) is 0 Å². The zero-order valence-electron chi connectivity index (χ0n) is 15.8. The van der Waals surface area contributed by atoms with Crippen LogP contribution in [0, 0.1) is 0 Å². The van der Waals surface area contributed by atoms with E-state index in [1.54, 1.807) is 60.3 Å². The lowest BCUT2D eigenvalue weighted by Crippen LogP contribution is -2.17. The summed E-state index contributed by atoms with van der Waals surface area (Å²) in [6.45, 7) is 4.93. The second kappa shape index (κ2) is 3.83. The predicted octanol–water partition coefficient (Wildman–Crippen LogP) is 6.58. The molecule has 0 heteroatoms. The number of benzene rings is 4. The van der Waals surface area contributed by atoms with Gasteiger partial charge in [0.2, 0.25) is 0 Å². The highest BCUT2D eigenvalue weighted by molar-refractivity contribution is 6.33. The van der Waals surface area contributed by atoms with Gasteiger partial charge in [0.15, 0.2) is 0 Å². The van der Waals surface area contributed by atoms with Gasteiger partial charge < -0.3 is 0 Å². The van der Waals surface area contributed by atoms with Gasteiger partial charge in [-0.2, -0.15) is 0 Å². The number of allylic oxidation sites excluding steroid dienone is 1. The molecule has 0 spiro atoms. The van der Waals surface area contributed by atoms with Crippen LogP contribution < -0.4 is 0 Å². The highest BCUT2D eigenvalue weighted by atomic mass is 14.4. The van der Waals surface area contributed by atoms with Gasteiger partial charge in [-0.3, -0.25) is 0 Å². The Bertz CT molecular complexity index is 1470. The van der Waals surface area contributed by atoms with E-state index in [1.165, 1.54) is 35.8 Å². The molecule has 0 bridgehead atoms. The Balaban J connectivity index is 1.82. The van der Waals surface area contributed by atoms with E-state index in [9.17, 15) is 0 Å². The largest absolute Gasteiger partial charge is 0.0757 e. The van der Waals surface area contributed by atoms with Crippen LogP contribution in [-0.4, -0.2) is 0 Å². The van der Waals surface area contributed by atoms with Crippen molar-refractivity contribution in [1.82, 2.24) is 0 Å². The molecule has 8 rings (SSSR count). The monoisotopic (exact) mass is 344 g/mol. The standard InChI is InChI=1S/C27H20/c1-27(2)12-14-9-10-18-17-8-4-7-16-15-6-3-5-13-11-19-24(20(13)15)25(22(16)17)23(18)21(14)26(19)27/h3,5-6,8-10H,4,7,11-12H2,1-2H3. The van der Waals surface area contributed by atoms with Gasteiger partial charge in [0.05, 0.1) is 0 Å². The van der Waals surface area contributed by atoms with Gasteiger partial charge in [-0.05, 0) is 108 Å². The fraction of sp³-hybridized carbons (Fsp3) is 0.259. The van der Waals surface area contributed by atoms with Crippen LogP contribution in [0.1, 0.15) is 59.2 Å². The Labute approximate surface area is 158 Å². The van der Waals surface area contributed by atoms with Crippen molar-refractivity contribution in [2.75, 3.05) is 0 Å². The normalized spacial score (nSPS) is 19.4. The van der Waals surface area contributed by atoms with Gasteiger partial charge in [0, 0.05) is 0 Å². The Hall–Kier alpha value is -2.60. The molecule has 4 aliphatic carbocycles. The molecular weight excluding hydrogens is 324 g/mol. The van der Waals surface area contributed by atoms with Gasteiger partial charge in [0.25, 0.3) is 0 Å². The second-order valence-corrected chi connectivity index (χ2v) is 9.71. The molecule has 0 heterocycles. The smallest absolute Gasteiger partial charge is 0.000792 e. The summed E-state index contributed by atoms with van der Waals surface area (Å²) in [5, 5.41) is 9.55. The first-order chi connectivity index (χ1) is 13.1. The minimum atomic E-state index is 0.240. The topological polar surface area (TPSA) is 0 Å². The third-order valence-electron chi connectivity index (χ3n) is 7.90. The van der Waals surface area contributed by atoms with Crippen LogP contribution in [0.2, 0.25) is 0 Å². The molecule has 0 amide bonds. The lowest BCUT2D eigenvalue weighted by molar-refractivity contribution is 0.543. The molecule has 0 radical (unpaired) electrons. The zero-order chi connectivity index (χ0) is 17.7. The number of hydrogen-bond donors (Lipinski definition) is 0. The fourth-order valence-corrected chi connectivity index (χ4v) is 7.16. The third-order valence-corrected chi connectivity index (χ3v) is 7.90. The maximum atomic E-state index is 2.52. The Morgan fingerprint density at radius 1 is 0.815 bits per heavy atom. The molecule has 4 aromatic rings. The number of aryl methyl sites for hydroxylation is 1. The SMILES string of the molecule is CC1(C)Cc2ccc3c4c2c1c1c2c5c(cccc5c5c(c42)C3=CCC5)C1. The van der Waals surface area contributed by atoms with Gasteiger partial charge >= 0.3 is 0 Å². The van der Waals surface area contributed by atoms with Crippen molar-refractivity contribution in [3.63, 3.8) is 0 Å². The van der Waals surface area contributed by atoms with E-state index < -0.39 is 0 Å². The molecule has 0 saturated carbocycles. The maximum Gasteiger partial charge on any atom is -0.000792 e. The fourth-order valence-electron chi connectivity index (χ4n) is 7.16. The zero-order valence-corrected chi connectivity index (χ0v) is 15.8. The molecule has 27 heavy (non-hydrogen) atoms. The first-order valence-electron chi connectivity index (χ1n) is 10.4. The minimum absolute atomic E-state index is 0.240. The summed E-state index contributed by atoms with van der Waals surface area (Å²) in [6.07, 6.45) is 7.20. The summed E-state index contributed by atoms with van der Waals surface area (Å²) in [4.78, 5) is 0. The van der Waals surface area contributed by atoms with Crippen molar-refractivity contribution in [3.05, 3.63) is 75.4 Å². The van der Waals surface area contributed by atoms with E-state index >= 15 is 0 Å². The third kappa shape index (κ3) is 1.23. The summed E-state index contributed by atoms with van der Waals surface area (Å²) in [6, 6.07) is 11.9. The molecule has 4 aliphatic rings. The molecule has 0 N–H and O–H groups in total. The molecule has 4 aromatic carbocycles. The van der Waals surface area contributed by atoms with Crippen LogP contribution in [0.4, 0.5) is 0 Å². The van der Waals surface area contributed by atoms with Crippen LogP contribution in [-0.2, 0) is 24.7 Å². The Kier molecular flexibility index (Phi) is 1.92. The van der Waals surface area contributed by atoms with Crippen LogP contribution >= 0.6 is 0 Å². The van der Waals surface area contributed by atoms with E-state index in [0.717, 1.165) is 6.42 Å². The van der Waals surface area contributed by atoms with Crippen molar-refractivity contribution in [2.45, 2.75) is 44.9 Å². The van der Waals surface area contributed by atoms with Crippen LogP contribution in [0.3, 0.4) is 0 Å². The Morgan fingerprint density at radius 2 is 1.74 bits per heavy atom. The molecule has 0 saturated heterocycles. The van der Waals surface area contributed by atoms with Crippen molar-refractivity contribution in [2.24, 2.45) is 0 Å². The molecule has 0 nitrogen and oxygen atoms in total. The molecule has 0 aliphatic heterocycles. The highest BCUT2D eigenvalue weighted by Gasteiger charge is 2.41. The second-order valence-electron chi connectivity index (χ2n) is 9.71. The summed E-state index contributed by atoms with van der Waals surface area (Å²) in [7, 11) is 0. The van der Waals surface area contributed by atoms with E-state index in [1.807, 2.05) is 0 Å². The van der Waals surface area contributed by atoms with E-state index in [-0.39, 0.29) is 5.41 Å². The summed E-state index contributed by atoms with van der Waals surface area (Å²) in [5.74, 6) is 0. The minimum Gasteiger partial charge on any atom is -0.0757 e. The van der Waals surface area contributed by atoms with Crippen LogP contribution in [0.5, 0.6) is 0 Å². The van der Waals surface area contributed by atoms with Crippen LogP contribution in [0.15, 0.2) is 36.4 Å². The number of fused-ring (bicyclic) bond motifs is 3. The predicted molar refractivity (Wildman–Crippen MR) is 114 cm³/mol. The van der Waals surface area contributed by atoms with Gasteiger partial charge in [-0.25, -0.2) is 0 Å². The Morgan fingerprint density at radius 3 is 2.67 bits per heavy atom. The first-order valence-corrected chi connectivity index (χ1v) is 10.4. The van der Waals surface area contributed by atoms with Crippen molar-refractivity contribution < 1.29 is 0 Å². The molecular formula is C27H20. The molecule has 128 valence electrons. The lowest BCUT2D eigenvalue weighted by atomic mass is 9.80. The number of rotatable bonds is 0. The molecule has 0 unspecified atom stereocenters. The van der Waals surface area contributed by atoms with Gasteiger partial charge in [0.1, 0.15) is 0 Å². The van der Waals surface area contributed by atoms with Gasteiger partial charge in [-0.1, -0.05) is 50.3 Å². The average molecular weight is 344 g/mol. The average Bonchev–Trinajstić information content (AvgIpc) is 3.28. The summed E-state index contributed by atoms with van der Waals surface area (Å²) < 4.78 is 0. The summed E-state index contributed by atoms with van der Waals surface area (Å²) in [5.41, 5.74) is 13.0. The molecule has 0 atom stereocenters. The van der Waals surface area contributed by atoms with Crippen molar-refractivity contribution in [1.29, 1.82) is 0 Å². The van der Waals surface area contributed by atoms with E-state index in [2.05, 4.69) is 50.3 Å². The quantitative estimate of drug-likeness (QED) is 0.273. The van der Waals surface area contributed by atoms with Crippen molar-refractivity contribution in [3.8, 4) is 0 Å². The highest BCUT2D eigenvalue weighted by Crippen LogP contribution is 2.59. The lowest BCUT2D eigenvalue weighted by Gasteiger charge is -2.23. The molecule has 0 aromatic heterocycles.